The van der Waals surface area contributed by atoms with Crippen molar-refractivity contribution >= 4 is 5.69 Å². The van der Waals surface area contributed by atoms with Gasteiger partial charge in [0.05, 0.1) is 11.6 Å². The molecule has 1 saturated heterocycles. The average Bonchev–Trinajstić information content (AvgIpc) is 2.32. The quantitative estimate of drug-likeness (QED) is 0.848. The molecule has 0 aliphatic carbocycles. The minimum absolute atomic E-state index is 0.129. The molecule has 0 bridgehead atoms. The molecule has 94 valence electrons. The first kappa shape index (κ1) is 12.3. The SMILES string of the molecule is CC1CC(CN)(Nc2ccc(F)cc2)CCO1. The first-order valence-electron chi connectivity index (χ1n) is 5.99. The first-order valence-corrected chi connectivity index (χ1v) is 5.99. The number of rotatable bonds is 3. The zero-order valence-electron chi connectivity index (χ0n) is 10.1. The minimum atomic E-state index is -0.224. The molecule has 1 aliphatic heterocycles. The second-order valence-electron chi connectivity index (χ2n) is 4.75. The highest BCUT2D eigenvalue weighted by atomic mass is 19.1. The van der Waals surface area contributed by atoms with Gasteiger partial charge in [0, 0.05) is 18.8 Å². The predicted molar refractivity (Wildman–Crippen MR) is 66.5 cm³/mol. The van der Waals surface area contributed by atoms with Crippen molar-refractivity contribution in [1.82, 2.24) is 0 Å². The summed E-state index contributed by atoms with van der Waals surface area (Å²) in [4.78, 5) is 0. The molecular formula is C13H19FN2O. The van der Waals surface area contributed by atoms with Gasteiger partial charge in [-0.2, -0.15) is 0 Å². The second-order valence-corrected chi connectivity index (χ2v) is 4.75. The average molecular weight is 238 g/mol. The van der Waals surface area contributed by atoms with E-state index in [0.29, 0.717) is 13.2 Å². The van der Waals surface area contributed by atoms with Crippen LogP contribution in [0.4, 0.5) is 10.1 Å². The standard InChI is InChI=1S/C13H19FN2O/c1-10-8-13(9-15,6-7-17-10)16-12-4-2-11(14)3-5-12/h2-5,10,16H,6-9,15H2,1H3. The van der Waals surface area contributed by atoms with Crippen molar-refractivity contribution in [1.29, 1.82) is 0 Å². The van der Waals surface area contributed by atoms with E-state index in [1.54, 1.807) is 12.1 Å². The van der Waals surface area contributed by atoms with Crippen LogP contribution in [0.1, 0.15) is 19.8 Å². The highest BCUT2D eigenvalue weighted by Crippen LogP contribution is 2.28. The van der Waals surface area contributed by atoms with Gasteiger partial charge in [0.15, 0.2) is 0 Å². The van der Waals surface area contributed by atoms with Crippen LogP contribution in [-0.4, -0.2) is 24.8 Å². The topological polar surface area (TPSA) is 47.3 Å². The molecule has 1 aromatic carbocycles. The number of nitrogens with one attached hydrogen (secondary N) is 1. The molecule has 1 heterocycles. The Morgan fingerprint density at radius 2 is 2.18 bits per heavy atom. The molecule has 2 rings (SSSR count). The van der Waals surface area contributed by atoms with Crippen molar-refractivity contribution in [3.05, 3.63) is 30.1 Å². The van der Waals surface area contributed by atoms with Crippen LogP contribution in [0.15, 0.2) is 24.3 Å². The lowest BCUT2D eigenvalue weighted by atomic mass is 9.86. The number of anilines is 1. The number of hydrogen-bond acceptors (Lipinski definition) is 3. The van der Waals surface area contributed by atoms with Crippen LogP contribution in [0.5, 0.6) is 0 Å². The Bertz CT molecular complexity index is 368. The summed E-state index contributed by atoms with van der Waals surface area (Å²) >= 11 is 0. The number of hydrogen-bond donors (Lipinski definition) is 2. The fourth-order valence-corrected chi connectivity index (χ4v) is 2.36. The molecule has 1 aliphatic rings. The van der Waals surface area contributed by atoms with Crippen LogP contribution in [0.25, 0.3) is 0 Å². The minimum Gasteiger partial charge on any atom is -0.378 e. The Morgan fingerprint density at radius 1 is 1.47 bits per heavy atom. The second kappa shape index (κ2) is 5.02. The van der Waals surface area contributed by atoms with Crippen molar-refractivity contribution < 1.29 is 9.13 Å². The molecule has 2 atom stereocenters. The fraction of sp³-hybridized carbons (Fsp3) is 0.538. The molecular weight excluding hydrogens is 219 g/mol. The molecule has 4 heteroatoms. The molecule has 2 unspecified atom stereocenters. The predicted octanol–water partition coefficient (Wildman–Crippen LogP) is 2.13. The van der Waals surface area contributed by atoms with Gasteiger partial charge in [0.25, 0.3) is 0 Å². The Labute approximate surface area is 101 Å². The fourth-order valence-electron chi connectivity index (χ4n) is 2.36. The van der Waals surface area contributed by atoms with Crippen molar-refractivity contribution in [2.24, 2.45) is 5.73 Å². The van der Waals surface area contributed by atoms with Crippen LogP contribution in [0.2, 0.25) is 0 Å². The number of benzene rings is 1. The smallest absolute Gasteiger partial charge is 0.123 e. The van der Waals surface area contributed by atoms with E-state index >= 15 is 0 Å². The lowest BCUT2D eigenvalue weighted by Gasteiger charge is -2.40. The van der Waals surface area contributed by atoms with E-state index in [0.717, 1.165) is 18.5 Å². The lowest BCUT2D eigenvalue weighted by Crippen LogP contribution is -2.51. The molecule has 3 N–H and O–H groups in total. The van der Waals surface area contributed by atoms with Crippen molar-refractivity contribution in [3.63, 3.8) is 0 Å². The molecule has 1 aromatic rings. The monoisotopic (exact) mass is 238 g/mol. The number of halogens is 1. The molecule has 0 amide bonds. The zero-order chi connectivity index (χ0) is 12.3. The molecule has 0 saturated carbocycles. The normalized spacial score (nSPS) is 29.0. The third kappa shape index (κ3) is 2.96. The summed E-state index contributed by atoms with van der Waals surface area (Å²) in [6.45, 7) is 3.32. The highest BCUT2D eigenvalue weighted by molar-refractivity contribution is 5.45. The van der Waals surface area contributed by atoms with Crippen molar-refractivity contribution in [3.8, 4) is 0 Å². The van der Waals surface area contributed by atoms with Gasteiger partial charge in [-0.05, 0) is 44.0 Å². The van der Waals surface area contributed by atoms with E-state index in [1.165, 1.54) is 12.1 Å². The Morgan fingerprint density at radius 3 is 2.76 bits per heavy atom. The van der Waals surface area contributed by atoms with E-state index in [2.05, 4.69) is 12.2 Å². The maximum Gasteiger partial charge on any atom is 0.123 e. The molecule has 17 heavy (non-hydrogen) atoms. The van der Waals surface area contributed by atoms with E-state index in [9.17, 15) is 4.39 Å². The summed E-state index contributed by atoms with van der Waals surface area (Å²) in [5, 5.41) is 3.43. The van der Waals surface area contributed by atoms with E-state index in [-0.39, 0.29) is 17.5 Å². The summed E-state index contributed by atoms with van der Waals surface area (Å²) in [6, 6.07) is 6.39. The van der Waals surface area contributed by atoms with Gasteiger partial charge in [-0.3, -0.25) is 0 Å². The summed E-state index contributed by atoms with van der Waals surface area (Å²) in [7, 11) is 0. The van der Waals surface area contributed by atoms with E-state index in [1.807, 2.05) is 0 Å². The van der Waals surface area contributed by atoms with Crippen LogP contribution >= 0.6 is 0 Å². The van der Waals surface area contributed by atoms with Gasteiger partial charge < -0.3 is 15.8 Å². The Kier molecular flexibility index (Phi) is 3.64. The van der Waals surface area contributed by atoms with Crippen molar-refractivity contribution in [2.75, 3.05) is 18.5 Å². The van der Waals surface area contributed by atoms with Crippen LogP contribution < -0.4 is 11.1 Å². The van der Waals surface area contributed by atoms with E-state index in [4.69, 9.17) is 10.5 Å². The summed E-state index contributed by atoms with van der Waals surface area (Å²) in [6.07, 6.45) is 1.96. The summed E-state index contributed by atoms with van der Waals surface area (Å²) in [5.74, 6) is -0.224. The molecule has 3 nitrogen and oxygen atoms in total. The van der Waals surface area contributed by atoms with Crippen molar-refractivity contribution in [2.45, 2.75) is 31.4 Å². The zero-order valence-corrected chi connectivity index (χ0v) is 10.1. The Balaban J connectivity index is 2.10. The lowest BCUT2D eigenvalue weighted by molar-refractivity contribution is 0.000263. The third-order valence-electron chi connectivity index (χ3n) is 3.31. The third-order valence-corrected chi connectivity index (χ3v) is 3.31. The number of nitrogens with two attached hydrogens (primary N) is 1. The van der Waals surface area contributed by atoms with Crippen LogP contribution in [-0.2, 0) is 4.74 Å². The molecule has 0 spiro atoms. The number of ether oxygens (including phenoxy) is 1. The van der Waals surface area contributed by atoms with Gasteiger partial charge in [0.2, 0.25) is 0 Å². The van der Waals surface area contributed by atoms with Crippen LogP contribution in [0.3, 0.4) is 0 Å². The largest absolute Gasteiger partial charge is 0.378 e. The van der Waals surface area contributed by atoms with E-state index < -0.39 is 0 Å². The maximum atomic E-state index is 12.8. The molecule has 0 aromatic heterocycles. The summed E-state index contributed by atoms with van der Waals surface area (Å²) in [5.41, 5.74) is 6.66. The van der Waals surface area contributed by atoms with Gasteiger partial charge in [-0.1, -0.05) is 0 Å². The van der Waals surface area contributed by atoms with Gasteiger partial charge in [-0.25, -0.2) is 4.39 Å². The van der Waals surface area contributed by atoms with Gasteiger partial charge in [0.1, 0.15) is 5.82 Å². The maximum absolute atomic E-state index is 12.8. The van der Waals surface area contributed by atoms with Gasteiger partial charge in [-0.15, -0.1) is 0 Å². The molecule has 0 radical (unpaired) electrons. The van der Waals surface area contributed by atoms with Gasteiger partial charge >= 0.3 is 0 Å². The van der Waals surface area contributed by atoms with Crippen LogP contribution in [0, 0.1) is 5.82 Å². The highest BCUT2D eigenvalue weighted by Gasteiger charge is 2.34. The summed E-state index contributed by atoms with van der Waals surface area (Å²) < 4.78 is 18.4. The molecule has 1 fully saturated rings. The first-order chi connectivity index (χ1) is 8.13. The Hall–Kier alpha value is -1.13.